The van der Waals surface area contributed by atoms with Crippen molar-refractivity contribution < 1.29 is 14.2 Å². The molecule has 4 rings (SSSR count). The molecule has 0 bridgehead atoms. The highest BCUT2D eigenvalue weighted by Crippen LogP contribution is 2.31. The smallest absolute Gasteiger partial charge is 0.149 e. The molecule has 0 fully saturated rings. The molecule has 0 atom stereocenters. The van der Waals surface area contributed by atoms with Crippen molar-refractivity contribution in [1.82, 2.24) is 4.57 Å². The standard InChI is InChI=1S/C28H24Cl3NO3/c1-2-33-18-26-25-17-22(31)9-14-27(25)32(28(26)19-35-24-12-7-21(30)8-13-24)15-3-4-16-34-23-10-5-20(29)6-11-23/h5-14,17H,2,15-16,18-19H2,1H3. The molecular formula is C28H24Cl3NO3. The van der Waals surface area contributed by atoms with Gasteiger partial charge in [-0.05, 0) is 73.7 Å². The van der Waals surface area contributed by atoms with E-state index in [1.54, 1.807) is 24.3 Å². The maximum Gasteiger partial charge on any atom is 0.149 e. The number of aromatic nitrogens is 1. The second-order valence-corrected chi connectivity index (χ2v) is 8.96. The van der Waals surface area contributed by atoms with E-state index < -0.39 is 0 Å². The van der Waals surface area contributed by atoms with Crippen LogP contribution in [0.4, 0.5) is 0 Å². The minimum Gasteiger partial charge on any atom is -0.487 e. The van der Waals surface area contributed by atoms with Gasteiger partial charge in [0.05, 0.1) is 18.8 Å². The van der Waals surface area contributed by atoms with Crippen molar-refractivity contribution in [3.8, 4) is 23.3 Å². The van der Waals surface area contributed by atoms with Gasteiger partial charge in [-0.3, -0.25) is 0 Å². The lowest BCUT2D eigenvalue weighted by Crippen LogP contribution is -2.08. The normalized spacial score (nSPS) is 10.7. The first-order valence-corrected chi connectivity index (χ1v) is 12.3. The Morgan fingerprint density at radius 2 is 1.37 bits per heavy atom. The number of rotatable bonds is 9. The fourth-order valence-electron chi connectivity index (χ4n) is 3.68. The van der Waals surface area contributed by atoms with Crippen LogP contribution in [0.2, 0.25) is 15.1 Å². The Balaban J connectivity index is 1.60. The molecule has 0 radical (unpaired) electrons. The molecule has 3 aromatic carbocycles. The lowest BCUT2D eigenvalue weighted by molar-refractivity contribution is 0.133. The zero-order valence-electron chi connectivity index (χ0n) is 19.2. The van der Waals surface area contributed by atoms with Crippen molar-refractivity contribution in [2.24, 2.45) is 0 Å². The molecule has 0 aliphatic heterocycles. The van der Waals surface area contributed by atoms with Crippen molar-refractivity contribution in [2.45, 2.75) is 26.7 Å². The molecular weight excluding hydrogens is 505 g/mol. The molecule has 4 nitrogen and oxygen atoms in total. The molecule has 0 aliphatic rings. The van der Waals surface area contributed by atoms with Gasteiger partial charge in [-0.15, -0.1) is 0 Å². The van der Waals surface area contributed by atoms with Crippen LogP contribution in [0.3, 0.4) is 0 Å². The Bertz CT molecular complexity index is 1340. The zero-order valence-corrected chi connectivity index (χ0v) is 21.5. The number of hydrogen-bond donors (Lipinski definition) is 0. The summed E-state index contributed by atoms with van der Waals surface area (Å²) in [5.41, 5.74) is 3.04. The van der Waals surface area contributed by atoms with E-state index in [1.165, 1.54) is 0 Å². The third kappa shape index (κ3) is 6.66. The van der Waals surface area contributed by atoms with Crippen LogP contribution in [0.5, 0.6) is 11.5 Å². The fourth-order valence-corrected chi connectivity index (χ4v) is 4.10. The maximum absolute atomic E-state index is 6.34. The van der Waals surface area contributed by atoms with Gasteiger partial charge in [0.25, 0.3) is 0 Å². The molecule has 0 N–H and O–H groups in total. The summed E-state index contributed by atoms with van der Waals surface area (Å²) >= 11 is 18.3. The van der Waals surface area contributed by atoms with Gasteiger partial charge in [0, 0.05) is 38.1 Å². The Labute approximate surface area is 220 Å². The lowest BCUT2D eigenvalue weighted by Gasteiger charge is -2.12. The second-order valence-electron chi connectivity index (χ2n) is 7.65. The third-order valence-corrected chi connectivity index (χ3v) is 6.11. The van der Waals surface area contributed by atoms with Gasteiger partial charge in [0.2, 0.25) is 0 Å². The van der Waals surface area contributed by atoms with Crippen LogP contribution in [0.1, 0.15) is 18.2 Å². The number of benzene rings is 3. The summed E-state index contributed by atoms with van der Waals surface area (Å²) in [7, 11) is 0. The van der Waals surface area contributed by atoms with Crippen molar-refractivity contribution in [3.05, 3.63) is 93.1 Å². The van der Waals surface area contributed by atoms with Crippen LogP contribution in [0.25, 0.3) is 10.9 Å². The zero-order chi connectivity index (χ0) is 24.6. The SMILES string of the molecule is CCOCc1c(COc2ccc(Cl)cc2)n(CC#CCOc2ccc(Cl)cc2)c2ccc(Cl)cc12. The monoisotopic (exact) mass is 527 g/mol. The number of nitrogens with zero attached hydrogens (tertiary/aromatic N) is 1. The van der Waals surface area contributed by atoms with Gasteiger partial charge in [-0.1, -0.05) is 46.6 Å². The molecule has 0 spiro atoms. The minimum absolute atomic E-state index is 0.273. The third-order valence-electron chi connectivity index (χ3n) is 5.38. The molecule has 4 aromatic rings. The van der Waals surface area contributed by atoms with Gasteiger partial charge in [-0.25, -0.2) is 0 Å². The molecule has 0 amide bonds. The van der Waals surface area contributed by atoms with Gasteiger partial charge < -0.3 is 18.8 Å². The fraction of sp³-hybridized carbons (Fsp3) is 0.214. The van der Waals surface area contributed by atoms with Gasteiger partial charge >= 0.3 is 0 Å². The predicted octanol–water partition coefficient (Wildman–Crippen LogP) is 7.80. The molecule has 0 saturated heterocycles. The van der Waals surface area contributed by atoms with E-state index in [9.17, 15) is 0 Å². The molecule has 180 valence electrons. The largest absolute Gasteiger partial charge is 0.487 e. The molecule has 1 aromatic heterocycles. The Morgan fingerprint density at radius 3 is 2.03 bits per heavy atom. The van der Waals surface area contributed by atoms with Gasteiger partial charge in [0.1, 0.15) is 24.7 Å². The number of fused-ring (bicyclic) bond motifs is 1. The number of hydrogen-bond acceptors (Lipinski definition) is 3. The maximum atomic E-state index is 6.34. The Kier molecular flexibility index (Phi) is 8.84. The first-order valence-electron chi connectivity index (χ1n) is 11.1. The minimum atomic E-state index is 0.273. The average Bonchev–Trinajstić information content (AvgIpc) is 3.14. The highest BCUT2D eigenvalue weighted by molar-refractivity contribution is 6.31. The molecule has 0 saturated carbocycles. The van der Waals surface area contributed by atoms with E-state index in [1.807, 2.05) is 49.4 Å². The first-order chi connectivity index (χ1) is 17.0. The Hall–Kier alpha value is -2.81. The van der Waals surface area contributed by atoms with E-state index in [2.05, 4.69) is 16.4 Å². The summed E-state index contributed by atoms with van der Waals surface area (Å²) in [5.74, 6) is 7.77. The van der Waals surface area contributed by atoms with Crippen LogP contribution in [0, 0.1) is 11.8 Å². The Morgan fingerprint density at radius 1 is 0.743 bits per heavy atom. The highest BCUT2D eigenvalue weighted by atomic mass is 35.5. The summed E-state index contributed by atoms with van der Waals surface area (Å²) < 4.78 is 19.7. The summed E-state index contributed by atoms with van der Waals surface area (Å²) in [6.07, 6.45) is 0. The van der Waals surface area contributed by atoms with E-state index >= 15 is 0 Å². The molecule has 1 heterocycles. The highest BCUT2D eigenvalue weighted by Gasteiger charge is 2.18. The molecule has 0 unspecified atom stereocenters. The summed E-state index contributed by atoms with van der Waals surface area (Å²) in [6, 6.07) is 20.4. The summed E-state index contributed by atoms with van der Waals surface area (Å²) in [5, 5.41) is 3.02. The van der Waals surface area contributed by atoms with Crippen molar-refractivity contribution in [2.75, 3.05) is 13.2 Å². The molecule has 0 aliphatic carbocycles. The second kappa shape index (κ2) is 12.2. The van der Waals surface area contributed by atoms with E-state index in [0.29, 0.717) is 41.4 Å². The lowest BCUT2D eigenvalue weighted by atomic mass is 10.1. The van der Waals surface area contributed by atoms with Crippen LogP contribution in [-0.4, -0.2) is 17.8 Å². The van der Waals surface area contributed by atoms with Crippen molar-refractivity contribution in [3.63, 3.8) is 0 Å². The van der Waals surface area contributed by atoms with E-state index in [-0.39, 0.29) is 6.61 Å². The van der Waals surface area contributed by atoms with Crippen LogP contribution < -0.4 is 9.47 Å². The van der Waals surface area contributed by atoms with Crippen molar-refractivity contribution in [1.29, 1.82) is 0 Å². The quantitative estimate of drug-likeness (QED) is 0.208. The van der Waals surface area contributed by atoms with E-state index in [4.69, 9.17) is 49.0 Å². The summed E-state index contributed by atoms with van der Waals surface area (Å²) in [4.78, 5) is 0. The first kappa shape index (κ1) is 25.3. The van der Waals surface area contributed by atoms with Gasteiger partial charge in [-0.2, -0.15) is 0 Å². The van der Waals surface area contributed by atoms with Crippen LogP contribution in [-0.2, 0) is 24.5 Å². The van der Waals surface area contributed by atoms with Crippen LogP contribution in [0.15, 0.2) is 66.7 Å². The van der Waals surface area contributed by atoms with E-state index in [0.717, 1.165) is 33.7 Å². The molecule has 35 heavy (non-hydrogen) atoms. The van der Waals surface area contributed by atoms with Gasteiger partial charge in [0.15, 0.2) is 0 Å². The summed E-state index contributed by atoms with van der Waals surface area (Å²) in [6.45, 7) is 4.11. The van der Waals surface area contributed by atoms with Crippen molar-refractivity contribution >= 4 is 45.7 Å². The number of ether oxygens (including phenoxy) is 3. The van der Waals surface area contributed by atoms with Crippen LogP contribution >= 0.6 is 34.8 Å². The predicted molar refractivity (Wildman–Crippen MR) is 143 cm³/mol. The average molecular weight is 529 g/mol. The topological polar surface area (TPSA) is 32.6 Å². The number of halogens is 3. The molecule has 7 heteroatoms.